The van der Waals surface area contributed by atoms with Crippen LogP contribution >= 0.6 is 27.5 Å². The zero-order valence-corrected chi connectivity index (χ0v) is 12.4. The summed E-state index contributed by atoms with van der Waals surface area (Å²) in [6, 6.07) is 10.9. The maximum Gasteiger partial charge on any atom is 0.344 e. The lowest BCUT2D eigenvalue weighted by Gasteiger charge is -2.07. The summed E-state index contributed by atoms with van der Waals surface area (Å²) in [5.74, 6) is -0.939. The van der Waals surface area contributed by atoms with Crippen molar-refractivity contribution in [2.24, 2.45) is 5.73 Å². The first kappa shape index (κ1) is 14.6. The lowest BCUT2D eigenvalue weighted by atomic mass is 10.2. The van der Waals surface area contributed by atoms with Gasteiger partial charge in [0.15, 0.2) is 0 Å². The number of nitrogens with two attached hydrogens (primary N) is 1. The highest BCUT2D eigenvalue weighted by Gasteiger charge is 2.14. The van der Waals surface area contributed by atoms with Crippen LogP contribution in [0.1, 0.15) is 20.7 Å². The number of benzene rings is 2. The van der Waals surface area contributed by atoms with Crippen molar-refractivity contribution in [3.8, 4) is 5.75 Å². The monoisotopic (exact) mass is 353 g/mol. The normalized spacial score (nSPS) is 10.1. The van der Waals surface area contributed by atoms with E-state index < -0.39 is 11.9 Å². The molecule has 0 spiro atoms. The van der Waals surface area contributed by atoms with Gasteiger partial charge in [-0.2, -0.15) is 0 Å². The molecule has 1 amide bonds. The Bertz CT molecular complexity index is 688. The molecule has 102 valence electrons. The fourth-order valence-electron chi connectivity index (χ4n) is 1.53. The number of hydrogen-bond donors (Lipinski definition) is 1. The summed E-state index contributed by atoms with van der Waals surface area (Å²) in [6.45, 7) is 0. The molecule has 2 aromatic rings. The number of esters is 1. The molecule has 0 fully saturated rings. The molecule has 0 saturated carbocycles. The van der Waals surface area contributed by atoms with Gasteiger partial charge in [-0.15, -0.1) is 0 Å². The van der Waals surface area contributed by atoms with Gasteiger partial charge in [0, 0.05) is 15.1 Å². The van der Waals surface area contributed by atoms with Crippen LogP contribution in [0, 0.1) is 0 Å². The number of carbonyl (C=O) groups excluding carboxylic acids is 2. The topological polar surface area (TPSA) is 69.4 Å². The van der Waals surface area contributed by atoms with Gasteiger partial charge in [-0.3, -0.25) is 4.79 Å². The molecule has 20 heavy (non-hydrogen) atoms. The highest BCUT2D eigenvalue weighted by molar-refractivity contribution is 9.10. The minimum absolute atomic E-state index is 0.234. The van der Waals surface area contributed by atoms with Crippen LogP contribution in [-0.2, 0) is 0 Å². The number of carbonyl (C=O) groups is 2. The molecule has 0 aliphatic carbocycles. The van der Waals surface area contributed by atoms with Gasteiger partial charge in [0.05, 0.1) is 5.56 Å². The summed E-state index contributed by atoms with van der Waals surface area (Å²) in [5.41, 5.74) is 5.72. The molecule has 2 rings (SSSR count). The van der Waals surface area contributed by atoms with Crippen molar-refractivity contribution in [2.75, 3.05) is 0 Å². The average molecular weight is 355 g/mol. The molecule has 0 aliphatic heterocycles. The van der Waals surface area contributed by atoms with Crippen molar-refractivity contribution in [3.05, 3.63) is 63.1 Å². The van der Waals surface area contributed by atoms with Gasteiger partial charge in [-0.05, 0) is 52.3 Å². The lowest BCUT2D eigenvalue weighted by Crippen LogP contribution is -2.12. The number of primary amides is 1. The van der Waals surface area contributed by atoms with Gasteiger partial charge in [0.2, 0.25) is 5.91 Å². The van der Waals surface area contributed by atoms with Gasteiger partial charge in [-0.25, -0.2) is 4.79 Å². The van der Waals surface area contributed by atoms with E-state index in [9.17, 15) is 9.59 Å². The van der Waals surface area contributed by atoms with Gasteiger partial charge >= 0.3 is 5.97 Å². The third-order valence-corrected chi connectivity index (χ3v) is 3.40. The molecule has 0 unspecified atom stereocenters. The number of amides is 1. The molecule has 2 N–H and O–H groups in total. The first-order valence-electron chi connectivity index (χ1n) is 5.54. The summed E-state index contributed by atoms with van der Waals surface area (Å²) in [5, 5.41) is 0.422. The minimum atomic E-state index is -0.591. The van der Waals surface area contributed by atoms with E-state index in [0.29, 0.717) is 15.1 Å². The van der Waals surface area contributed by atoms with Gasteiger partial charge in [-0.1, -0.05) is 17.7 Å². The van der Waals surface area contributed by atoms with E-state index in [1.165, 1.54) is 18.2 Å². The Morgan fingerprint density at radius 3 is 2.60 bits per heavy atom. The first-order valence-corrected chi connectivity index (χ1v) is 6.71. The predicted octanol–water partition coefficient (Wildman–Crippen LogP) is 3.42. The molecule has 0 radical (unpaired) electrons. The van der Waals surface area contributed by atoms with Crippen LogP contribution in [0.2, 0.25) is 5.02 Å². The zero-order valence-electron chi connectivity index (χ0n) is 10.1. The first-order chi connectivity index (χ1) is 9.47. The number of hydrogen-bond acceptors (Lipinski definition) is 3. The minimum Gasteiger partial charge on any atom is -0.423 e. The highest BCUT2D eigenvalue weighted by atomic mass is 79.9. The Morgan fingerprint density at radius 2 is 1.90 bits per heavy atom. The molecule has 4 nitrogen and oxygen atoms in total. The maximum absolute atomic E-state index is 12.0. The molecule has 0 atom stereocenters. The molecular weight excluding hydrogens is 346 g/mol. The fourth-order valence-corrected chi connectivity index (χ4v) is 2.11. The lowest BCUT2D eigenvalue weighted by molar-refractivity contribution is 0.0732. The second kappa shape index (κ2) is 6.07. The van der Waals surface area contributed by atoms with Crippen LogP contribution in [0.3, 0.4) is 0 Å². The fraction of sp³-hybridized carbons (Fsp3) is 0. The van der Waals surface area contributed by atoms with Crippen molar-refractivity contribution in [1.82, 2.24) is 0 Å². The second-order valence-electron chi connectivity index (χ2n) is 3.91. The van der Waals surface area contributed by atoms with E-state index in [1.807, 2.05) is 0 Å². The van der Waals surface area contributed by atoms with Crippen LogP contribution < -0.4 is 10.5 Å². The molecule has 0 heterocycles. The number of halogens is 2. The largest absolute Gasteiger partial charge is 0.423 e. The van der Waals surface area contributed by atoms with Gasteiger partial charge in [0.25, 0.3) is 0 Å². The highest BCUT2D eigenvalue weighted by Crippen LogP contribution is 2.23. The van der Waals surface area contributed by atoms with Crippen molar-refractivity contribution in [2.45, 2.75) is 0 Å². The van der Waals surface area contributed by atoms with Gasteiger partial charge in [0.1, 0.15) is 5.75 Å². The number of ether oxygens (including phenoxy) is 1. The summed E-state index contributed by atoms with van der Waals surface area (Å²) in [7, 11) is 0. The van der Waals surface area contributed by atoms with Crippen LogP contribution in [-0.4, -0.2) is 11.9 Å². The van der Waals surface area contributed by atoms with Crippen LogP contribution in [0.4, 0.5) is 0 Å². The summed E-state index contributed by atoms with van der Waals surface area (Å²) in [6.07, 6.45) is 0. The maximum atomic E-state index is 12.0. The van der Waals surface area contributed by atoms with Crippen molar-refractivity contribution in [3.63, 3.8) is 0 Å². The van der Waals surface area contributed by atoms with Crippen LogP contribution in [0.5, 0.6) is 5.75 Å². The molecule has 0 aliphatic rings. The zero-order chi connectivity index (χ0) is 14.7. The third kappa shape index (κ3) is 3.37. The Balaban J connectivity index is 2.25. The Kier molecular flexibility index (Phi) is 4.42. The van der Waals surface area contributed by atoms with E-state index >= 15 is 0 Å². The average Bonchev–Trinajstić information content (AvgIpc) is 2.41. The molecule has 0 bridgehead atoms. The quantitative estimate of drug-likeness (QED) is 0.678. The van der Waals surface area contributed by atoms with Crippen molar-refractivity contribution in [1.29, 1.82) is 0 Å². The van der Waals surface area contributed by atoms with E-state index in [2.05, 4.69) is 15.9 Å². The summed E-state index contributed by atoms with van der Waals surface area (Å²) in [4.78, 5) is 23.1. The second-order valence-corrected chi connectivity index (χ2v) is 5.20. The summed E-state index contributed by atoms with van der Waals surface area (Å²) >= 11 is 9.09. The smallest absolute Gasteiger partial charge is 0.344 e. The molecule has 2 aromatic carbocycles. The van der Waals surface area contributed by atoms with E-state index in [0.717, 1.165) is 0 Å². The SMILES string of the molecule is NC(=O)c1cccc(OC(=O)c2cc(Cl)ccc2Br)c1. The predicted molar refractivity (Wildman–Crippen MR) is 79.1 cm³/mol. The standard InChI is InChI=1S/C14H9BrClNO3/c15-12-5-4-9(16)7-11(12)14(19)20-10-3-1-2-8(6-10)13(17)18/h1-7H,(H2,17,18). The third-order valence-electron chi connectivity index (χ3n) is 2.48. The molecule has 0 saturated heterocycles. The van der Waals surface area contributed by atoms with E-state index in [-0.39, 0.29) is 11.3 Å². The Morgan fingerprint density at radius 1 is 1.15 bits per heavy atom. The summed E-state index contributed by atoms with van der Waals surface area (Å²) < 4.78 is 5.76. The van der Waals surface area contributed by atoms with Crippen LogP contribution in [0.25, 0.3) is 0 Å². The Labute approximate surface area is 128 Å². The molecule has 6 heteroatoms. The van der Waals surface area contributed by atoms with E-state index in [1.54, 1.807) is 24.3 Å². The van der Waals surface area contributed by atoms with Crippen molar-refractivity contribution < 1.29 is 14.3 Å². The van der Waals surface area contributed by atoms with Crippen molar-refractivity contribution >= 4 is 39.4 Å². The van der Waals surface area contributed by atoms with Gasteiger partial charge < -0.3 is 10.5 Å². The molecule has 0 aromatic heterocycles. The Hall–Kier alpha value is -1.85. The van der Waals surface area contributed by atoms with Crippen LogP contribution in [0.15, 0.2) is 46.9 Å². The molecular formula is C14H9BrClNO3. The van der Waals surface area contributed by atoms with E-state index in [4.69, 9.17) is 22.1 Å². The number of rotatable bonds is 3.